The highest BCUT2D eigenvalue weighted by atomic mass is 16.5. The molecule has 0 heterocycles. The third kappa shape index (κ3) is 12.4. The Kier molecular flexibility index (Phi) is 13.6. The van der Waals surface area contributed by atoms with E-state index in [4.69, 9.17) is 9.47 Å². The van der Waals surface area contributed by atoms with Crippen molar-refractivity contribution < 1.29 is 14.3 Å². The summed E-state index contributed by atoms with van der Waals surface area (Å²) >= 11 is 0. The van der Waals surface area contributed by atoms with Gasteiger partial charge in [0, 0.05) is 54.1 Å². The van der Waals surface area contributed by atoms with E-state index in [1.54, 1.807) is 21.3 Å². The lowest BCUT2D eigenvalue weighted by molar-refractivity contribution is -0.120. The van der Waals surface area contributed by atoms with Gasteiger partial charge in [-0.1, -0.05) is 0 Å². The molecule has 1 amide bonds. The number of methoxy groups -OCH3 is 2. The molecule has 0 aromatic heterocycles. The summed E-state index contributed by atoms with van der Waals surface area (Å²) in [4.78, 5) is 17.8. The van der Waals surface area contributed by atoms with Gasteiger partial charge in [0.05, 0.1) is 13.2 Å². The van der Waals surface area contributed by atoms with Crippen LogP contribution in [0.15, 0.2) is 4.99 Å². The molecule has 0 radical (unpaired) electrons. The van der Waals surface area contributed by atoms with Crippen LogP contribution in [0, 0.1) is 0 Å². The highest BCUT2D eigenvalue weighted by Gasteiger charge is 2.03. The van der Waals surface area contributed by atoms with E-state index in [0.717, 1.165) is 32.7 Å². The molecule has 8 heteroatoms. The lowest BCUT2D eigenvalue weighted by Crippen LogP contribution is -2.45. The first-order valence-electron chi connectivity index (χ1n) is 7.51. The highest BCUT2D eigenvalue weighted by Crippen LogP contribution is 1.86. The first-order valence-corrected chi connectivity index (χ1v) is 7.51. The number of nitrogens with one attached hydrogen (secondary N) is 3. The summed E-state index contributed by atoms with van der Waals surface area (Å²) in [7, 11) is 7.06. The van der Waals surface area contributed by atoms with Crippen molar-refractivity contribution in [2.24, 2.45) is 4.99 Å². The van der Waals surface area contributed by atoms with Gasteiger partial charge in [0.25, 0.3) is 0 Å². The van der Waals surface area contributed by atoms with Crippen LogP contribution in [0.3, 0.4) is 0 Å². The highest BCUT2D eigenvalue weighted by molar-refractivity contribution is 5.86. The van der Waals surface area contributed by atoms with Crippen LogP contribution >= 0.6 is 0 Å². The maximum Gasteiger partial charge on any atom is 0.239 e. The van der Waals surface area contributed by atoms with Crippen molar-refractivity contribution in [1.29, 1.82) is 0 Å². The SMILES string of the molecule is CN=C(NCCN(C)CCCOC)NCC(=O)NCCOC. The Balaban J connectivity index is 3.73. The first-order chi connectivity index (χ1) is 10.6. The lowest BCUT2D eigenvalue weighted by Gasteiger charge is -2.18. The number of ether oxygens (including phenoxy) is 2. The van der Waals surface area contributed by atoms with Crippen molar-refractivity contribution in [3.05, 3.63) is 0 Å². The van der Waals surface area contributed by atoms with Crippen molar-refractivity contribution in [2.75, 3.05) is 74.3 Å². The van der Waals surface area contributed by atoms with Gasteiger partial charge in [-0.05, 0) is 13.5 Å². The minimum absolute atomic E-state index is 0.0864. The molecule has 0 fully saturated rings. The van der Waals surface area contributed by atoms with E-state index in [1.165, 1.54) is 0 Å². The van der Waals surface area contributed by atoms with Crippen LogP contribution in [0.4, 0.5) is 0 Å². The molecule has 0 unspecified atom stereocenters. The fraction of sp³-hybridized carbons (Fsp3) is 0.857. The normalized spacial score (nSPS) is 11.6. The van der Waals surface area contributed by atoms with Crippen LogP contribution in [0.2, 0.25) is 0 Å². The fourth-order valence-electron chi connectivity index (χ4n) is 1.70. The van der Waals surface area contributed by atoms with Gasteiger partial charge in [-0.3, -0.25) is 9.79 Å². The van der Waals surface area contributed by atoms with Crippen molar-refractivity contribution in [3.63, 3.8) is 0 Å². The molecule has 0 aliphatic carbocycles. The molecule has 0 rings (SSSR count). The molecule has 22 heavy (non-hydrogen) atoms. The van der Waals surface area contributed by atoms with Crippen LogP contribution in [0.1, 0.15) is 6.42 Å². The number of hydrogen-bond donors (Lipinski definition) is 3. The molecule has 0 bridgehead atoms. The van der Waals surface area contributed by atoms with E-state index in [-0.39, 0.29) is 12.5 Å². The zero-order valence-corrected chi connectivity index (χ0v) is 14.3. The fourth-order valence-corrected chi connectivity index (χ4v) is 1.70. The summed E-state index contributed by atoms with van der Waals surface area (Å²) < 4.78 is 9.89. The van der Waals surface area contributed by atoms with Gasteiger partial charge in [0.15, 0.2) is 5.96 Å². The Bertz CT molecular complexity index is 313. The maximum absolute atomic E-state index is 11.5. The second-order valence-electron chi connectivity index (χ2n) is 4.84. The number of amides is 1. The van der Waals surface area contributed by atoms with Gasteiger partial charge in [0.2, 0.25) is 5.91 Å². The number of hydrogen-bond acceptors (Lipinski definition) is 5. The molecule has 0 saturated carbocycles. The summed E-state index contributed by atoms with van der Waals surface area (Å²) in [5.41, 5.74) is 0. The molecule has 0 aromatic rings. The van der Waals surface area contributed by atoms with Gasteiger partial charge >= 0.3 is 0 Å². The molecule has 0 saturated heterocycles. The number of carbonyl (C=O) groups excluding carboxylic acids is 1. The lowest BCUT2D eigenvalue weighted by atomic mass is 10.4. The summed E-state index contributed by atoms with van der Waals surface area (Å²) in [6.45, 7) is 4.62. The molecule has 3 N–H and O–H groups in total. The summed E-state index contributed by atoms with van der Waals surface area (Å²) in [5, 5.41) is 8.88. The van der Waals surface area contributed by atoms with E-state index >= 15 is 0 Å². The van der Waals surface area contributed by atoms with Gasteiger partial charge in [0.1, 0.15) is 0 Å². The molecule has 0 atom stereocenters. The smallest absolute Gasteiger partial charge is 0.239 e. The molecule has 0 aliphatic rings. The molecular weight excluding hydrogens is 286 g/mol. The Labute approximate surface area is 133 Å². The Morgan fingerprint density at radius 1 is 1.05 bits per heavy atom. The predicted molar refractivity (Wildman–Crippen MR) is 88.2 cm³/mol. The topological polar surface area (TPSA) is 87.2 Å². The summed E-state index contributed by atoms with van der Waals surface area (Å²) in [5.74, 6) is 0.531. The number of aliphatic imine (C=N–C) groups is 1. The quantitative estimate of drug-likeness (QED) is 0.240. The standard InChI is InChI=1S/C14H31N5O3/c1-15-14(18-12-13(20)16-7-11-22-4)17-6-9-19(2)8-5-10-21-3/h5-12H2,1-4H3,(H,16,20)(H2,15,17,18). The number of guanidine groups is 1. The Morgan fingerprint density at radius 3 is 2.41 bits per heavy atom. The average molecular weight is 317 g/mol. The minimum Gasteiger partial charge on any atom is -0.385 e. The first kappa shape index (κ1) is 20.6. The number of nitrogens with zero attached hydrogens (tertiary/aromatic N) is 2. The third-order valence-electron chi connectivity index (χ3n) is 2.94. The molecule has 0 aliphatic heterocycles. The second kappa shape index (κ2) is 14.6. The van der Waals surface area contributed by atoms with Gasteiger partial charge < -0.3 is 30.3 Å². The van der Waals surface area contributed by atoms with E-state index in [1.807, 2.05) is 0 Å². The summed E-state index contributed by atoms with van der Waals surface area (Å²) in [6.07, 6.45) is 1.02. The second-order valence-corrected chi connectivity index (χ2v) is 4.84. The van der Waals surface area contributed by atoms with Crippen LogP contribution < -0.4 is 16.0 Å². The zero-order valence-electron chi connectivity index (χ0n) is 14.3. The van der Waals surface area contributed by atoms with Crippen molar-refractivity contribution in [2.45, 2.75) is 6.42 Å². The monoisotopic (exact) mass is 317 g/mol. The number of carbonyl (C=O) groups is 1. The van der Waals surface area contributed by atoms with E-state index < -0.39 is 0 Å². The Hall–Kier alpha value is -1.38. The molecule has 0 aromatic carbocycles. The molecule has 130 valence electrons. The van der Waals surface area contributed by atoms with E-state index in [2.05, 4.69) is 32.9 Å². The molecule has 8 nitrogen and oxygen atoms in total. The number of rotatable bonds is 12. The van der Waals surface area contributed by atoms with Crippen molar-refractivity contribution >= 4 is 11.9 Å². The average Bonchev–Trinajstić information content (AvgIpc) is 2.51. The zero-order chi connectivity index (χ0) is 16.6. The predicted octanol–water partition coefficient (Wildman–Crippen LogP) is -1.12. The largest absolute Gasteiger partial charge is 0.385 e. The Morgan fingerprint density at radius 2 is 1.77 bits per heavy atom. The van der Waals surface area contributed by atoms with Crippen LogP contribution in [-0.2, 0) is 14.3 Å². The van der Waals surface area contributed by atoms with Crippen molar-refractivity contribution in [1.82, 2.24) is 20.9 Å². The van der Waals surface area contributed by atoms with Gasteiger partial charge in [-0.2, -0.15) is 0 Å². The van der Waals surface area contributed by atoms with Gasteiger partial charge in [-0.15, -0.1) is 0 Å². The summed E-state index contributed by atoms with van der Waals surface area (Å²) in [6, 6.07) is 0. The van der Waals surface area contributed by atoms with E-state index in [0.29, 0.717) is 19.1 Å². The van der Waals surface area contributed by atoms with Crippen LogP contribution in [0.5, 0.6) is 0 Å². The van der Waals surface area contributed by atoms with Crippen LogP contribution in [-0.4, -0.2) is 91.0 Å². The van der Waals surface area contributed by atoms with E-state index in [9.17, 15) is 4.79 Å². The van der Waals surface area contributed by atoms with Gasteiger partial charge in [-0.25, -0.2) is 0 Å². The van der Waals surface area contributed by atoms with Crippen molar-refractivity contribution in [3.8, 4) is 0 Å². The molecule has 0 spiro atoms. The molecular formula is C14H31N5O3. The third-order valence-corrected chi connectivity index (χ3v) is 2.94. The number of likely N-dealkylation sites (N-methyl/N-ethyl adjacent to an activating group) is 1. The maximum atomic E-state index is 11.5. The minimum atomic E-state index is -0.0864. The van der Waals surface area contributed by atoms with Crippen LogP contribution in [0.25, 0.3) is 0 Å².